The van der Waals surface area contributed by atoms with Crippen LogP contribution in [0, 0.1) is 0 Å². The Morgan fingerprint density at radius 1 is 0.650 bits per heavy atom. The van der Waals surface area contributed by atoms with Crippen LogP contribution in [0.2, 0.25) is 0 Å². The van der Waals surface area contributed by atoms with Crippen molar-refractivity contribution >= 4 is 77.7 Å². The predicted molar refractivity (Wildman–Crippen MR) is 109 cm³/mol. The summed E-state index contributed by atoms with van der Waals surface area (Å²) in [5, 5.41) is 0. The average molecular weight is 381 g/mol. The Balaban J connectivity index is 2.49. The summed E-state index contributed by atoms with van der Waals surface area (Å²) in [5.74, 6) is 4.64. The van der Waals surface area contributed by atoms with Gasteiger partial charge in [-0.05, 0) is 23.0 Å². The van der Waals surface area contributed by atoms with E-state index in [4.69, 9.17) is 0 Å². The molecule has 0 atom stereocenters. The zero-order valence-corrected chi connectivity index (χ0v) is 17.2. The molecular weight excluding hydrogens is 361 g/mol. The van der Waals surface area contributed by atoms with Crippen molar-refractivity contribution in [1.82, 2.24) is 0 Å². The number of thioether (sulfide) groups is 4. The highest BCUT2D eigenvalue weighted by Crippen LogP contribution is 2.47. The van der Waals surface area contributed by atoms with Gasteiger partial charge in [0.25, 0.3) is 0 Å². The molecule has 112 valence electrons. The summed E-state index contributed by atoms with van der Waals surface area (Å²) >= 11 is 10.1. The Bertz CT molecular complexity index is 494. The number of rotatable bonds is 6. The van der Waals surface area contributed by atoms with E-state index in [0.717, 1.165) is 23.0 Å². The third kappa shape index (κ3) is 3.69. The van der Waals surface area contributed by atoms with Crippen LogP contribution in [0.15, 0.2) is 8.42 Å². The lowest BCUT2D eigenvalue weighted by atomic mass is 10.2. The van der Waals surface area contributed by atoms with Crippen LogP contribution in [0.25, 0.3) is 0 Å². The molecule has 1 aromatic heterocycles. The van der Waals surface area contributed by atoms with Crippen molar-refractivity contribution in [3.63, 3.8) is 0 Å². The van der Waals surface area contributed by atoms with E-state index < -0.39 is 0 Å². The van der Waals surface area contributed by atoms with Crippen LogP contribution in [-0.4, -0.2) is 31.4 Å². The van der Waals surface area contributed by atoms with Crippen LogP contribution in [0.1, 0.15) is 38.8 Å². The molecule has 2 rings (SSSR count). The number of hydrogen-bond acceptors (Lipinski definition) is 5. The first-order chi connectivity index (χ1) is 9.76. The first-order valence-electron chi connectivity index (χ1n) is 6.87. The lowest BCUT2D eigenvalue weighted by Gasteiger charge is -2.04. The lowest BCUT2D eigenvalue weighted by Crippen LogP contribution is -1.97. The Hall–Kier alpha value is 1.06. The van der Waals surface area contributed by atoms with Gasteiger partial charge in [-0.1, -0.05) is 27.7 Å². The number of thiophene rings is 1. The first kappa shape index (κ1) is 17.4. The molecule has 0 saturated heterocycles. The fourth-order valence-electron chi connectivity index (χ4n) is 1.88. The number of hydrogen-bond donors (Lipinski definition) is 0. The van der Waals surface area contributed by atoms with Crippen LogP contribution in [-0.2, 0) is 0 Å². The van der Waals surface area contributed by atoms with E-state index in [2.05, 4.69) is 27.7 Å². The summed E-state index contributed by atoms with van der Waals surface area (Å²) in [6.07, 6.45) is 0. The minimum atomic E-state index is 1.16. The molecule has 0 bridgehead atoms. The topological polar surface area (TPSA) is 0 Å². The Morgan fingerprint density at radius 3 is 1.40 bits per heavy atom. The monoisotopic (exact) mass is 380 g/mol. The van der Waals surface area contributed by atoms with E-state index in [9.17, 15) is 0 Å². The van der Waals surface area contributed by atoms with Crippen molar-refractivity contribution < 1.29 is 0 Å². The molecule has 0 nitrogen and oxygen atoms in total. The van der Waals surface area contributed by atoms with E-state index in [1.807, 2.05) is 69.3 Å². The summed E-state index contributed by atoms with van der Waals surface area (Å²) in [4.78, 5) is 0. The first-order valence-corrected chi connectivity index (χ1v) is 12.4. The summed E-state index contributed by atoms with van der Waals surface area (Å²) < 4.78 is 6.14. The maximum Gasteiger partial charge on any atom is 0.0709 e. The highest BCUT2D eigenvalue weighted by atomic mass is 32.2. The van der Waals surface area contributed by atoms with Crippen LogP contribution >= 0.6 is 69.3 Å². The smallest absolute Gasteiger partial charge is 0.0709 e. The van der Waals surface area contributed by atoms with Crippen molar-refractivity contribution in [2.24, 2.45) is 0 Å². The minimum Gasteiger partial charge on any atom is -0.121 e. The second-order valence-corrected chi connectivity index (χ2v) is 12.0. The van der Waals surface area contributed by atoms with Crippen molar-refractivity contribution in [2.75, 3.05) is 23.0 Å². The molecule has 1 aliphatic heterocycles. The van der Waals surface area contributed by atoms with Gasteiger partial charge in [-0.3, -0.25) is 0 Å². The molecule has 0 unspecified atom stereocenters. The third-order valence-corrected chi connectivity index (χ3v) is 9.53. The molecule has 20 heavy (non-hydrogen) atoms. The molecule has 0 amide bonds. The lowest BCUT2D eigenvalue weighted by molar-refractivity contribution is 1.49. The van der Waals surface area contributed by atoms with Crippen LogP contribution < -0.4 is 0 Å². The van der Waals surface area contributed by atoms with Crippen molar-refractivity contribution in [2.45, 2.75) is 36.1 Å². The summed E-state index contributed by atoms with van der Waals surface area (Å²) in [6.45, 7) is 9.01. The second-order valence-electron chi connectivity index (χ2n) is 3.84. The van der Waals surface area contributed by atoms with E-state index in [-0.39, 0.29) is 0 Å². The van der Waals surface area contributed by atoms with Crippen molar-refractivity contribution in [1.29, 1.82) is 0 Å². The molecule has 0 saturated carbocycles. The molecule has 6 heteroatoms. The van der Waals surface area contributed by atoms with E-state index >= 15 is 0 Å². The molecular formula is C14H20S6. The normalized spacial score (nSPS) is 13.8. The zero-order chi connectivity index (χ0) is 14.5. The predicted octanol–water partition coefficient (Wildman–Crippen LogP) is 6.18. The molecule has 0 aromatic carbocycles. The molecule has 0 fully saturated rings. The van der Waals surface area contributed by atoms with Gasteiger partial charge < -0.3 is 0 Å². The molecule has 1 aromatic rings. The van der Waals surface area contributed by atoms with Gasteiger partial charge in [0.1, 0.15) is 0 Å². The third-order valence-electron chi connectivity index (χ3n) is 2.54. The van der Waals surface area contributed by atoms with Gasteiger partial charge >= 0.3 is 0 Å². The van der Waals surface area contributed by atoms with Crippen LogP contribution in [0.3, 0.4) is 0 Å². The van der Waals surface area contributed by atoms with Gasteiger partial charge in [-0.2, -0.15) is 0 Å². The molecule has 2 heterocycles. The summed E-state index contributed by atoms with van der Waals surface area (Å²) in [7, 11) is 2.01. The van der Waals surface area contributed by atoms with Crippen molar-refractivity contribution in [3.8, 4) is 0 Å². The zero-order valence-electron chi connectivity index (χ0n) is 12.3. The van der Waals surface area contributed by atoms with Crippen molar-refractivity contribution in [3.05, 3.63) is 11.1 Å². The number of fused-ring (bicyclic) bond motifs is 1. The van der Waals surface area contributed by atoms with Gasteiger partial charge in [0.05, 0.1) is 16.8 Å². The van der Waals surface area contributed by atoms with Crippen LogP contribution in [0.5, 0.6) is 0 Å². The Morgan fingerprint density at radius 2 is 1.05 bits per heavy atom. The summed E-state index contributed by atoms with van der Waals surface area (Å²) in [6, 6.07) is 0. The quantitative estimate of drug-likeness (QED) is 0.426. The standard InChI is InChI=1S/C14H20S6/c1-5-15-11-9-10(13(19-11)17-7-3)14(18-8-4)20-12(9)16-6-2/h5-8H2,1-4H3. The second kappa shape index (κ2) is 8.63. The van der Waals surface area contributed by atoms with E-state index in [0.29, 0.717) is 0 Å². The Labute approximate surface area is 147 Å². The Kier molecular flexibility index (Phi) is 7.51. The van der Waals surface area contributed by atoms with E-state index in [1.54, 1.807) is 11.1 Å². The molecule has 1 aliphatic rings. The van der Waals surface area contributed by atoms with Gasteiger partial charge in [0, 0.05) is 11.1 Å². The minimum absolute atomic E-state index is 1.16. The largest absolute Gasteiger partial charge is 0.121 e. The molecule has 0 aliphatic carbocycles. The SMILES string of the molecule is CCSC1=S=C(SCC)c2c(SCC)sc(SCC)c21. The van der Waals surface area contributed by atoms with E-state index in [1.165, 1.54) is 16.8 Å². The fourth-order valence-corrected chi connectivity index (χ4v) is 10.1. The van der Waals surface area contributed by atoms with Crippen LogP contribution in [0.4, 0.5) is 0 Å². The molecule has 0 N–H and O–H groups in total. The fraction of sp³-hybridized carbons (Fsp3) is 0.571. The highest BCUT2D eigenvalue weighted by Gasteiger charge is 2.28. The average Bonchev–Trinajstić information content (AvgIpc) is 2.93. The maximum atomic E-state index is 2.25. The van der Waals surface area contributed by atoms with Gasteiger partial charge in [0.15, 0.2) is 0 Å². The van der Waals surface area contributed by atoms with Gasteiger partial charge in [-0.15, -0.1) is 69.3 Å². The van der Waals surface area contributed by atoms with Gasteiger partial charge in [0.2, 0.25) is 0 Å². The summed E-state index contributed by atoms with van der Waals surface area (Å²) in [5.41, 5.74) is 3.12. The highest BCUT2D eigenvalue weighted by molar-refractivity contribution is 8.35. The molecule has 0 radical (unpaired) electrons. The molecule has 0 spiro atoms. The van der Waals surface area contributed by atoms with Gasteiger partial charge in [-0.25, -0.2) is 0 Å². The maximum absolute atomic E-state index is 2.25.